The number of carboxylic acid groups (broad SMARTS) is 3. The zero-order valence-electron chi connectivity index (χ0n) is 9.08. The molecule has 0 saturated heterocycles. The minimum absolute atomic E-state index is 0.137. The van der Waals surface area contributed by atoms with Crippen molar-refractivity contribution in [2.24, 2.45) is 17.8 Å². The first-order valence-corrected chi connectivity index (χ1v) is 6.54. The summed E-state index contributed by atoms with van der Waals surface area (Å²) in [6, 6.07) is -1.14. The molecule has 4 N–H and O–H groups in total. The lowest BCUT2D eigenvalue weighted by molar-refractivity contribution is -0.141. The van der Waals surface area contributed by atoms with E-state index in [4.69, 9.17) is 27.1 Å². The molecule has 102 valence electrons. The summed E-state index contributed by atoms with van der Waals surface area (Å²) in [7, 11) is 0. The molecule has 0 heterocycles. The molecule has 18 heavy (non-hydrogen) atoms. The second-order valence-electron chi connectivity index (χ2n) is 3.94. The number of halogens is 1. The molecule has 1 rings (SSSR count). The van der Waals surface area contributed by atoms with Crippen molar-refractivity contribution in [2.75, 3.05) is 11.5 Å². The molecule has 1 aliphatic rings. The molecular weight excluding hydrogens is 286 g/mol. The summed E-state index contributed by atoms with van der Waals surface area (Å²) in [5.74, 6) is -4.92. The number of rotatable bonds is 8. The Morgan fingerprint density at radius 1 is 1.28 bits per heavy atom. The number of aliphatic carboxylic acids is 3. The molecular formula is C9H12ClNO6S. The van der Waals surface area contributed by atoms with E-state index in [1.807, 2.05) is 0 Å². The smallest absolute Gasteiger partial charge is 0.322 e. The van der Waals surface area contributed by atoms with Gasteiger partial charge in [0.2, 0.25) is 0 Å². The zero-order valence-corrected chi connectivity index (χ0v) is 10.6. The first-order valence-electron chi connectivity index (χ1n) is 5.01. The molecule has 0 aromatic rings. The van der Waals surface area contributed by atoms with Gasteiger partial charge in [-0.05, 0) is 23.4 Å². The monoisotopic (exact) mass is 297 g/mol. The number of thioether (sulfide) groups is 1. The average Bonchev–Trinajstić information content (AvgIpc) is 2.92. The highest BCUT2D eigenvalue weighted by Crippen LogP contribution is 2.50. The van der Waals surface area contributed by atoms with Crippen molar-refractivity contribution in [3.63, 3.8) is 0 Å². The fraction of sp³-hybridized carbons (Fsp3) is 0.667. The van der Waals surface area contributed by atoms with Gasteiger partial charge in [-0.2, -0.15) is 0 Å². The Kier molecular flexibility index (Phi) is 5.24. The van der Waals surface area contributed by atoms with Gasteiger partial charge in [-0.15, -0.1) is 11.8 Å². The molecule has 1 saturated carbocycles. The number of nitrogens with one attached hydrogen (secondary N) is 1. The lowest BCUT2D eigenvalue weighted by Gasteiger charge is -2.08. The molecule has 0 radical (unpaired) electrons. The van der Waals surface area contributed by atoms with Crippen LogP contribution in [0.1, 0.15) is 0 Å². The lowest BCUT2D eigenvalue weighted by atomic mass is 10.1. The Morgan fingerprint density at radius 3 is 2.28 bits per heavy atom. The van der Waals surface area contributed by atoms with Crippen molar-refractivity contribution < 1.29 is 29.7 Å². The third kappa shape index (κ3) is 3.50. The maximum atomic E-state index is 10.9. The van der Waals surface area contributed by atoms with Crippen molar-refractivity contribution >= 4 is 41.4 Å². The molecule has 0 unspecified atom stereocenters. The van der Waals surface area contributed by atoms with Crippen molar-refractivity contribution in [3.8, 4) is 0 Å². The molecule has 9 heteroatoms. The van der Waals surface area contributed by atoms with Gasteiger partial charge in [0.15, 0.2) is 0 Å². The van der Waals surface area contributed by atoms with E-state index >= 15 is 0 Å². The summed E-state index contributed by atoms with van der Waals surface area (Å²) in [5, 5.41) is 26.3. The van der Waals surface area contributed by atoms with Crippen LogP contribution in [-0.4, -0.2) is 50.8 Å². The highest BCUT2D eigenvalue weighted by molar-refractivity contribution is 7.99. The van der Waals surface area contributed by atoms with E-state index in [1.165, 1.54) is 0 Å². The van der Waals surface area contributed by atoms with Crippen LogP contribution < -0.4 is 4.84 Å². The van der Waals surface area contributed by atoms with E-state index < -0.39 is 35.8 Å². The maximum absolute atomic E-state index is 10.9. The highest BCUT2D eigenvalue weighted by Gasteiger charge is 2.60. The first-order chi connectivity index (χ1) is 8.40. The Balaban J connectivity index is 2.58. The van der Waals surface area contributed by atoms with Crippen molar-refractivity contribution in [3.05, 3.63) is 0 Å². The molecule has 1 aliphatic carbocycles. The van der Waals surface area contributed by atoms with Gasteiger partial charge in [-0.25, -0.2) is 4.84 Å². The largest absolute Gasteiger partial charge is 0.481 e. The number of carbonyl (C=O) groups is 3. The van der Waals surface area contributed by atoms with Gasteiger partial charge >= 0.3 is 17.9 Å². The third-order valence-electron chi connectivity index (χ3n) is 2.82. The third-order valence-corrected chi connectivity index (χ3v) is 4.13. The average molecular weight is 298 g/mol. The Morgan fingerprint density at radius 2 is 1.89 bits per heavy atom. The number of hydrogen-bond donors (Lipinski definition) is 4. The summed E-state index contributed by atoms with van der Waals surface area (Å²) in [5.41, 5.74) is 0. The molecule has 1 fully saturated rings. The van der Waals surface area contributed by atoms with Gasteiger partial charge in [0.1, 0.15) is 6.04 Å². The van der Waals surface area contributed by atoms with Crippen LogP contribution in [0, 0.1) is 17.8 Å². The van der Waals surface area contributed by atoms with E-state index in [0.717, 1.165) is 11.8 Å². The molecule has 0 bridgehead atoms. The summed E-state index contributed by atoms with van der Waals surface area (Å²) < 4.78 is 0. The van der Waals surface area contributed by atoms with Crippen LogP contribution in [0.3, 0.4) is 0 Å². The normalized spacial score (nSPS) is 27.5. The Hall–Kier alpha value is -0.990. The van der Waals surface area contributed by atoms with Crippen LogP contribution in [-0.2, 0) is 14.4 Å². The number of hydrogen-bond acceptors (Lipinski definition) is 5. The first kappa shape index (κ1) is 15.1. The molecule has 0 aromatic carbocycles. The van der Waals surface area contributed by atoms with E-state index in [9.17, 15) is 14.4 Å². The molecule has 0 aliphatic heterocycles. The predicted molar refractivity (Wildman–Crippen MR) is 63.5 cm³/mol. The quantitative estimate of drug-likeness (QED) is 0.460. The van der Waals surface area contributed by atoms with Gasteiger partial charge in [-0.1, -0.05) is 0 Å². The summed E-state index contributed by atoms with van der Waals surface area (Å²) in [6.45, 7) is 0. The minimum Gasteiger partial charge on any atom is -0.481 e. The van der Waals surface area contributed by atoms with Gasteiger partial charge < -0.3 is 15.3 Å². The zero-order chi connectivity index (χ0) is 13.9. The van der Waals surface area contributed by atoms with E-state index in [2.05, 4.69) is 4.84 Å². The fourth-order valence-corrected chi connectivity index (χ4v) is 3.22. The van der Waals surface area contributed by atoms with E-state index in [0.29, 0.717) is 0 Å². The standard InChI is InChI=1S/C9H12ClNO6S/c10-11-7(9(16)17)5-3(6(5)8(14)15)1-18-2-4(12)13/h3,5-7,11H,1-2H2,(H,12,13)(H,14,15)(H,16,17)/t3-,5+,6+,7-/m1/s1. The van der Waals surface area contributed by atoms with Gasteiger partial charge in [0.25, 0.3) is 0 Å². The van der Waals surface area contributed by atoms with Crippen molar-refractivity contribution in [1.82, 2.24) is 4.84 Å². The topological polar surface area (TPSA) is 124 Å². The van der Waals surface area contributed by atoms with Crippen LogP contribution in [0.15, 0.2) is 0 Å². The number of carboxylic acids is 3. The molecule has 0 amide bonds. The fourth-order valence-electron chi connectivity index (χ4n) is 1.98. The molecule has 7 nitrogen and oxygen atoms in total. The van der Waals surface area contributed by atoms with Crippen LogP contribution in [0.25, 0.3) is 0 Å². The summed E-state index contributed by atoms with van der Waals surface area (Å²) in [6.07, 6.45) is 0. The summed E-state index contributed by atoms with van der Waals surface area (Å²) in [4.78, 5) is 34.2. The lowest BCUT2D eigenvalue weighted by Crippen LogP contribution is -2.34. The van der Waals surface area contributed by atoms with Crippen LogP contribution in [0.2, 0.25) is 0 Å². The van der Waals surface area contributed by atoms with Crippen LogP contribution in [0.5, 0.6) is 0 Å². The Bertz CT molecular complexity index is 365. The van der Waals surface area contributed by atoms with E-state index in [-0.39, 0.29) is 17.4 Å². The second kappa shape index (κ2) is 6.26. The Labute approximate surface area is 112 Å². The molecule has 0 aromatic heterocycles. The van der Waals surface area contributed by atoms with Gasteiger partial charge in [0.05, 0.1) is 11.7 Å². The van der Waals surface area contributed by atoms with Gasteiger partial charge in [-0.3, -0.25) is 14.4 Å². The summed E-state index contributed by atoms with van der Waals surface area (Å²) >= 11 is 6.36. The van der Waals surface area contributed by atoms with Crippen molar-refractivity contribution in [1.29, 1.82) is 0 Å². The van der Waals surface area contributed by atoms with Crippen LogP contribution >= 0.6 is 23.5 Å². The molecule has 0 spiro atoms. The van der Waals surface area contributed by atoms with Crippen molar-refractivity contribution in [2.45, 2.75) is 6.04 Å². The highest BCUT2D eigenvalue weighted by atomic mass is 35.5. The van der Waals surface area contributed by atoms with Gasteiger partial charge in [0, 0.05) is 5.92 Å². The van der Waals surface area contributed by atoms with Crippen LogP contribution in [0.4, 0.5) is 0 Å². The SMILES string of the molecule is O=C(O)CSC[C@H]1[C@H](C(=O)O)[C@H]1[C@@H](NCl)C(=O)O. The molecule has 4 atom stereocenters. The maximum Gasteiger partial charge on any atom is 0.322 e. The predicted octanol–water partition coefficient (Wildman–Crippen LogP) is -0.0524. The second-order valence-corrected chi connectivity index (χ2v) is 5.19. The minimum atomic E-state index is -1.22. The van der Waals surface area contributed by atoms with E-state index in [1.54, 1.807) is 0 Å².